The molecule has 0 radical (unpaired) electrons. The summed E-state index contributed by atoms with van der Waals surface area (Å²) in [6.45, 7) is 0. The third kappa shape index (κ3) is 2.78. The molecule has 0 aliphatic carbocycles. The molecule has 0 atom stereocenters. The standard InChI is InChI=1S/C13H9FOSe/c14-11-6-8-12(9-7-11)16-13(15)10-4-2-1-3-5-10/h1-9H. The summed E-state index contributed by atoms with van der Waals surface area (Å²) in [5.41, 5.74) is 0.715. The summed E-state index contributed by atoms with van der Waals surface area (Å²) < 4.78 is 13.7. The van der Waals surface area contributed by atoms with Gasteiger partial charge in [0.25, 0.3) is 0 Å². The van der Waals surface area contributed by atoms with E-state index >= 15 is 0 Å². The molecule has 0 unspecified atom stereocenters. The minimum absolute atomic E-state index is 0.111. The third-order valence-electron chi connectivity index (χ3n) is 2.03. The fourth-order valence-electron chi connectivity index (χ4n) is 1.24. The SMILES string of the molecule is O=C([Se]c1ccc(F)cc1)c1ccccc1. The van der Waals surface area contributed by atoms with Gasteiger partial charge in [-0.2, -0.15) is 0 Å². The molecular weight excluding hydrogens is 270 g/mol. The molecular formula is C13H9FOSe. The molecule has 0 N–H and O–H groups in total. The second-order valence-electron chi connectivity index (χ2n) is 3.21. The van der Waals surface area contributed by atoms with Crippen LogP contribution in [0.1, 0.15) is 10.4 Å². The molecule has 2 aromatic rings. The Labute approximate surface area is 99.5 Å². The Morgan fingerprint density at radius 2 is 1.56 bits per heavy atom. The van der Waals surface area contributed by atoms with Crippen LogP contribution in [-0.4, -0.2) is 19.6 Å². The summed E-state index contributed by atoms with van der Waals surface area (Å²) >= 11 is -0.283. The molecule has 0 bridgehead atoms. The number of hydrogen-bond donors (Lipinski definition) is 0. The summed E-state index contributed by atoms with van der Waals surface area (Å²) in [7, 11) is 0. The summed E-state index contributed by atoms with van der Waals surface area (Å²) in [5, 5.41) is 0. The molecule has 0 heterocycles. The Morgan fingerprint density at radius 1 is 0.938 bits per heavy atom. The molecule has 3 heteroatoms. The minimum atomic E-state index is -0.283. The van der Waals surface area contributed by atoms with Crippen molar-refractivity contribution >= 4 is 24.1 Å². The number of rotatable bonds is 3. The summed E-state index contributed by atoms with van der Waals surface area (Å²) in [5.74, 6) is -0.272. The number of halogens is 1. The van der Waals surface area contributed by atoms with Gasteiger partial charge in [0.1, 0.15) is 0 Å². The van der Waals surface area contributed by atoms with Crippen LogP contribution in [0.3, 0.4) is 0 Å². The Hall–Kier alpha value is -1.44. The fourth-order valence-corrected chi connectivity index (χ4v) is 2.80. The van der Waals surface area contributed by atoms with Gasteiger partial charge in [-0.1, -0.05) is 0 Å². The van der Waals surface area contributed by atoms with Crippen LogP contribution in [0.2, 0.25) is 0 Å². The molecule has 80 valence electrons. The molecule has 1 nitrogen and oxygen atoms in total. The van der Waals surface area contributed by atoms with E-state index in [1.165, 1.54) is 12.1 Å². The van der Waals surface area contributed by atoms with Gasteiger partial charge in [-0.05, 0) is 0 Å². The Balaban J connectivity index is 2.11. The topological polar surface area (TPSA) is 17.1 Å². The van der Waals surface area contributed by atoms with Gasteiger partial charge < -0.3 is 0 Å². The van der Waals surface area contributed by atoms with Gasteiger partial charge in [0.2, 0.25) is 0 Å². The summed E-state index contributed by atoms with van der Waals surface area (Å²) in [4.78, 5) is 11.8. The first-order chi connectivity index (χ1) is 7.75. The average molecular weight is 279 g/mol. The monoisotopic (exact) mass is 280 g/mol. The van der Waals surface area contributed by atoms with Crippen molar-refractivity contribution in [1.29, 1.82) is 0 Å². The number of hydrogen-bond acceptors (Lipinski definition) is 1. The van der Waals surface area contributed by atoms with E-state index in [4.69, 9.17) is 0 Å². The Morgan fingerprint density at radius 3 is 2.19 bits per heavy atom. The van der Waals surface area contributed by atoms with Crippen LogP contribution in [-0.2, 0) is 0 Å². The van der Waals surface area contributed by atoms with Crippen molar-refractivity contribution in [2.45, 2.75) is 0 Å². The zero-order valence-corrected chi connectivity index (χ0v) is 10.1. The van der Waals surface area contributed by atoms with E-state index in [0.717, 1.165) is 4.46 Å². The van der Waals surface area contributed by atoms with E-state index in [9.17, 15) is 9.18 Å². The fraction of sp³-hybridized carbons (Fsp3) is 0. The molecule has 0 amide bonds. The van der Waals surface area contributed by atoms with E-state index in [1.807, 2.05) is 18.2 Å². The normalized spacial score (nSPS) is 10.1. The van der Waals surface area contributed by atoms with Crippen LogP contribution in [0.25, 0.3) is 0 Å². The molecule has 0 aliphatic heterocycles. The van der Waals surface area contributed by atoms with Crippen molar-refractivity contribution in [3.63, 3.8) is 0 Å². The van der Waals surface area contributed by atoms with E-state index in [-0.39, 0.29) is 25.5 Å². The van der Waals surface area contributed by atoms with Crippen molar-refractivity contribution in [2.24, 2.45) is 0 Å². The summed E-state index contributed by atoms with van der Waals surface area (Å²) in [6, 6.07) is 15.3. The quantitative estimate of drug-likeness (QED) is 0.785. The van der Waals surface area contributed by atoms with Gasteiger partial charge in [-0.3, -0.25) is 0 Å². The first-order valence-electron chi connectivity index (χ1n) is 4.78. The molecule has 2 aromatic carbocycles. The second-order valence-corrected chi connectivity index (χ2v) is 5.40. The van der Waals surface area contributed by atoms with Gasteiger partial charge in [0, 0.05) is 0 Å². The van der Waals surface area contributed by atoms with Crippen molar-refractivity contribution in [2.75, 3.05) is 0 Å². The van der Waals surface area contributed by atoms with Gasteiger partial charge in [-0.25, -0.2) is 0 Å². The van der Waals surface area contributed by atoms with Crippen LogP contribution < -0.4 is 4.46 Å². The maximum absolute atomic E-state index is 12.7. The number of benzene rings is 2. The van der Waals surface area contributed by atoms with Crippen LogP contribution in [0.5, 0.6) is 0 Å². The predicted octanol–water partition coefficient (Wildman–Crippen LogP) is 2.00. The number of carbonyl (C=O) groups excluding carboxylic acids is 1. The molecule has 0 aromatic heterocycles. The molecule has 0 saturated heterocycles. The second kappa shape index (κ2) is 5.06. The average Bonchev–Trinajstić information content (AvgIpc) is 2.33. The van der Waals surface area contributed by atoms with Gasteiger partial charge in [0.05, 0.1) is 0 Å². The van der Waals surface area contributed by atoms with Crippen LogP contribution in [0.4, 0.5) is 4.39 Å². The number of carbonyl (C=O) groups is 1. The van der Waals surface area contributed by atoms with Gasteiger partial charge in [-0.15, -0.1) is 0 Å². The van der Waals surface area contributed by atoms with E-state index in [1.54, 1.807) is 24.3 Å². The maximum atomic E-state index is 12.7. The summed E-state index contributed by atoms with van der Waals surface area (Å²) in [6.07, 6.45) is 0. The van der Waals surface area contributed by atoms with Crippen molar-refractivity contribution < 1.29 is 9.18 Å². The first-order valence-corrected chi connectivity index (χ1v) is 6.50. The molecule has 2 rings (SSSR count). The van der Waals surface area contributed by atoms with Crippen LogP contribution in [0.15, 0.2) is 54.6 Å². The Bertz CT molecular complexity index is 479. The van der Waals surface area contributed by atoms with E-state index in [2.05, 4.69) is 0 Å². The van der Waals surface area contributed by atoms with Crippen molar-refractivity contribution in [1.82, 2.24) is 0 Å². The molecule has 0 spiro atoms. The Kier molecular flexibility index (Phi) is 3.50. The molecule has 0 aliphatic rings. The molecule has 0 saturated carbocycles. The van der Waals surface area contributed by atoms with Gasteiger partial charge >= 0.3 is 99.3 Å². The van der Waals surface area contributed by atoms with Crippen LogP contribution >= 0.6 is 0 Å². The molecule has 0 fully saturated rings. The van der Waals surface area contributed by atoms with E-state index < -0.39 is 0 Å². The van der Waals surface area contributed by atoms with Crippen LogP contribution in [0, 0.1) is 5.82 Å². The van der Waals surface area contributed by atoms with Crippen molar-refractivity contribution in [3.05, 3.63) is 66.0 Å². The molecule has 16 heavy (non-hydrogen) atoms. The van der Waals surface area contributed by atoms with Crippen molar-refractivity contribution in [3.8, 4) is 0 Å². The zero-order chi connectivity index (χ0) is 11.4. The van der Waals surface area contributed by atoms with E-state index in [0.29, 0.717) is 5.56 Å². The predicted molar refractivity (Wildman–Crippen MR) is 62.6 cm³/mol. The third-order valence-corrected chi connectivity index (χ3v) is 3.98. The van der Waals surface area contributed by atoms with Gasteiger partial charge in [0.15, 0.2) is 0 Å². The zero-order valence-electron chi connectivity index (χ0n) is 8.39. The first kappa shape index (κ1) is 11.1.